The molecule has 1 fully saturated rings. The number of carbonyl (C=O) groups excluding carboxylic acids is 1. The Morgan fingerprint density at radius 2 is 1.67 bits per heavy atom. The molecule has 1 aromatic heterocycles. The van der Waals surface area contributed by atoms with Crippen LogP contribution in [0.1, 0.15) is 57.1 Å². The average molecular weight is 536 g/mol. The van der Waals surface area contributed by atoms with Crippen molar-refractivity contribution in [2.75, 3.05) is 19.6 Å². The molecule has 3 heterocycles. The minimum Gasteiger partial charge on any atom is -0.334 e. The van der Waals surface area contributed by atoms with Gasteiger partial charge in [0.2, 0.25) is 0 Å². The standard InChI is InChI=1S/C32H30ClN5O/c33-28-9-11-29(12-10-28)38-31(26-13-16-36(17-14-26)21-24-7-5-23(19-34)6-8-24)30(20-35-38)32(39)37-18-15-25-3-1-2-4-27(25)22-37/h1-12,20,26H,13-18,21-22H2. The number of amides is 1. The molecule has 39 heavy (non-hydrogen) atoms. The molecule has 0 bridgehead atoms. The molecular formula is C32H30ClN5O. The maximum Gasteiger partial charge on any atom is 0.257 e. The second kappa shape index (κ2) is 11.1. The van der Waals surface area contributed by atoms with E-state index in [4.69, 9.17) is 22.0 Å². The van der Waals surface area contributed by atoms with Crippen LogP contribution < -0.4 is 0 Å². The molecule has 7 heteroatoms. The Balaban J connectivity index is 1.25. The fourth-order valence-corrected chi connectivity index (χ4v) is 5.98. The lowest BCUT2D eigenvalue weighted by molar-refractivity contribution is 0.0732. The molecule has 0 unspecified atom stereocenters. The van der Waals surface area contributed by atoms with Crippen LogP contribution in [0.25, 0.3) is 5.69 Å². The molecule has 0 radical (unpaired) electrons. The van der Waals surface area contributed by atoms with E-state index in [1.165, 1.54) is 16.7 Å². The van der Waals surface area contributed by atoms with E-state index >= 15 is 0 Å². The first kappa shape index (κ1) is 25.4. The number of nitrogens with zero attached hydrogens (tertiary/aromatic N) is 5. The van der Waals surface area contributed by atoms with E-state index in [9.17, 15) is 4.79 Å². The Morgan fingerprint density at radius 1 is 0.949 bits per heavy atom. The number of benzene rings is 3. The van der Waals surface area contributed by atoms with Gasteiger partial charge in [0.25, 0.3) is 5.91 Å². The number of hydrogen-bond donors (Lipinski definition) is 0. The van der Waals surface area contributed by atoms with Crippen molar-refractivity contribution in [1.29, 1.82) is 5.26 Å². The SMILES string of the molecule is N#Cc1ccc(CN2CCC(c3c(C(=O)N4CCc5ccccc5C4)cnn3-c3ccc(Cl)cc3)CC2)cc1. The molecule has 1 saturated heterocycles. The maximum atomic E-state index is 13.9. The van der Waals surface area contributed by atoms with Crippen molar-refractivity contribution in [1.82, 2.24) is 19.6 Å². The number of carbonyl (C=O) groups is 1. The molecule has 0 atom stereocenters. The highest BCUT2D eigenvalue weighted by atomic mass is 35.5. The van der Waals surface area contributed by atoms with Gasteiger partial charge >= 0.3 is 0 Å². The van der Waals surface area contributed by atoms with Crippen LogP contribution in [0.15, 0.2) is 79.0 Å². The number of rotatable bonds is 5. The topological polar surface area (TPSA) is 65.2 Å². The number of hydrogen-bond acceptors (Lipinski definition) is 4. The zero-order valence-electron chi connectivity index (χ0n) is 21.8. The summed E-state index contributed by atoms with van der Waals surface area (Å²) in [4.78, 5) is 18.4. The van der Waals surface area contributed by atoms with Crippen LogP contribution in [0.3, 0.4) is 0 Å². The van der Waals surface area contributed by atoms with Crippen molar-refractivity contribution in [3.8, 4) is 11.8 Å². The van der Waals surface area contributed by atoms with Gasteiger partial charge in [0.1, 0.15) is 0 Å². The van der Waals surface area contributed by atoms with Gasteiger partial charge in [-0.25, -0.2) is 4.68 Å². The third kappa shape index (κ3) is 5.34. The Morgan fingerprint density at radius 3 is 2.38 bits per heavy atom. The fourth-order valence-electron chi connectivity index (χ4n) is 5.85. The zero-order chi connectivity index (χ0) is 26.8. The summed E-state index contributed by atoms with van der Waals surface area (Å²) in [6.45, 7) is 4.06. The summed E-state index contributed by atoms with van der Waals surface area (Å²) in [5.74, 6) is 0.274. The summed E-state index contributed by atoms with van der Waals surface area (Å²) < 4.78 is 1.95. The van der Waals surface area contributed by atoms with Gasteiger partial charge < -0.3 is 4.90 Å². The van der Waals surface area contributed by atoms with E-state index < -0.39 is 0 Å². The van der Waals surface area contributed by atoms with Crippen LogP contribution in [0.5, 0.6) is 0 Å². The van der Waals surface area contributed by atoms with Crippen LogP contribution in [0.2, 0.25) is 5.02 Å². The second-order valence-electron chi connectivity index (χ2n) is 10.4. The number of likely N-dealkylation sites (tertiary alicyclic amines) is 1. The number of halogens is 1. The van der Waals surface area contributed by atoms with Crippen molar-refractivity contribution >= 4 is 17.5 Å². The van der Waals surface area contributed by atoms with Crippen molar-refractivity contribution in [3.63, 3.8) is 0 Å². The second-order valence-corrected chi connectivity index (χ2v) is 10.9. The summed E-state index contributed by atoms with van der Waals surface area (Å²) in [6, 6.07) is 26.1. The minimum atomic E-state index is 0.0553. The van der Waals surface area contributed by atoms with Crippen LogP contribution in [0.4, 0.5) is 0 Å². The van der Waals surface area contributed by atoms with Gasteiger partial charge in [-0.05, 0) is 85.4 Å². The fraction of sp³-hybridized carbons (Fsp3) is 0.281. The summed E-state index contributed by atoms with van der Waals surface area (Å²) >= 11 is 6.17. The number of aromatic nitrogens is 2. The van der Waals surface area contributed by atoms with E-state index in [-0.39, 0.29) is 11.8 Å². The lowest BCUT2D eigenvalue weighted by Gasteiger charge is -2.33. The number of piperidine rings is 1. The average Bonchev–Trinajstić information content (AvgIpc) is 3.43. The molecule has 196 valence electrons. The Hall–Kier alpha value is -3.92. The highest BCUT2D eigenvalue weighted by Crippen LogP contribution is 2.34. The largest absolute Gasteiger partial charge is 0.334 e. The molecule has 3 aromatic carbocycles. The van der Waals surface area contributed by atoms with Gasteiger partial charge in [-0.3, -0.25) is 9.69 Å². The van der Waals surface area contributed by atoms with Crippen LogP contribution >= 0.6 is 11.6 Å². The minimum absolute atomic E-state index is 0.0553. The lowest BCUT2D eigenvalue weighted by Crippen LogP contribution is -2.37. The molecule has 0 spiro atoms. The first-order valence-corrected chi connectivity index (χ1v) is 13.9. The third-order valence-corrected chi connectivity index (χ3v) is 8.24. The molecule has 0 aliphatic carbocycles. The van der Waals surface area contributed by atoms with Crippen LogP contribution in [-0.4, -0.2) is 45.1 Å². The summed E-state index contributed by atoms with van der Waals surface area (Å²) in [6.07, 6.45) is 4.52. The molecule has 0 N–H and O–H groups in total. The van der Waals surface area contributed by atoms with Crippen LogP contribution in [-0.2, 0) is 19.5 Å². The summed E-state index contributed by atoms with van der Waals surface area (Å²) in [5, 5.41) is 14.5. The van der Waals surface area contributed by atoms with Crippen molar-refractivity contribution in [2.45, 2.75) is 38.3 Å². The molecule has 4 aromatic rings. The summed E-state index contributed by atoms with van der Waals surface area (Å²) in [7, 11) is 0. The van der Waals surface area contributed by atoms with Crippen molar-refractivity contribution in [3.05, 3.63) is 118 Å². The summed E-state index contributed by atoms with van der Waals surface area (Å²) in [5.41, 5.74) is 7.06. The van der Waals surface area contributed by atoms with E-state index in [1.54, 1.807) is 6.20 Å². The van der Waals surface area contributed by atoms with Gasteiger partial charge in [0.15, 0.2) is 0 Å². The highest BCUT2D eigenvalue weighted by molar-refractivity contribution is 6.30. The lowest BCUT2D eigenvalue weighted by atomic mass is 9.90. The maximum absolute atomic E-state index is 13.9. The van der Waals surface area contributed by atoms with Crippen molar-refractivity contribution in [2.24, 2.45) is 0 Å². The van der Waals surface area contributed by atoms with E-state index in [0.29, 0.717) is 29.2 Å². The molecule has 6 rings (SSSR count). The van der Waals surface area contributed by atoms with Crippen LogP contribution in [0, 0.1) is 11.3 Å². The molecule has 1 amide bonds. The van der Waals surface area contributed by atoms with E-state index in [1.807, 2.05) is 64.2 Å². The van der Waals surface area contributed by atoms with E-state index in [2.05, 4.69) is 29.2 Å². The molecule has 2 aliphatic rings. The quantitative estimate of drug-likeness (QED) is 0.315. The smallest absolute Gasteiger partial charge is 0.257 e. The zero-order valence-corrected chi connectivity index (χ0v) is 22.5. The Kier molecular flexibility index (Phi) is 7.19. The van der Waals surface area contributed by atoms with Gasteiger partial charge in [-0.15, -0.1) is 0 Å². The Labute approximate surface area is 234 Å². The molecule has 6 nitrogen and oxygen atoms in total. The molecule has 0 saturated carbocycles. The normalized spacial score (nSPS) is 16.1. The molecular weight excluding hydrogens is 506 g/mol. The first-order valence-electron chi connectivity index (χ1n) is 13.5. The van der Waals surface area contributed by atoms with Gasteiger partial charge in [0, 0.05) is 30.6 Å². The highest BCUT2D eigenvalue weighted by Gasteiger charge is 2.32. The van der Waals surface area contributed by atoms with Gasteiger partial charge in [-0.2, -0.15) is 10.4 Å². The Bertz CT molecular complexity index is 1510. The third-order valence-electron chi connectivity index (χ3n) is 7.99. The van der Waals surface area contributed by atoms with Crippen molar-refractivity contribution < 1.29 is 4.79 Å². The number of fused-ring (bicyclic) bond motifs is 1. The monoisotopic (exact) mass is 535 g/mol. The predicted molar refractivity (Wildman–Crippen MR) is 152 cm³/mol. The van der Waals surface area contributed by atoms with Gasteiger partial charge in [0.05, 0.1) is 34.8 Å². The molecule has 2 aliphatic heterocycles. The van der Waals surface area contributed by atoms with E-state index in [0.717, 1.165) is 50.3 Å². The number of nitriles is 1. The first-order chi connectivity index (χ1) is 19.1. The predicted octanol–water partition coefficient (Wildman–Crippen LogP) is 5.98. The van der Waals surface area contributed by atoms with Gasteiger partial charge in [-0.1, -0.05) is 48.0 Å².